The molecule has 0 spiro atoms. The van der Waals surface area contributed by atoms with Gasteiger partial charge >= 0.3 is 0 Å². The van der Waals surface area contributed by atoms with E-state index in [-0.39, 0.29) is 11.9 Å². The van der Waals surface area contributed by atoms with Crippen molar-refractivity contribution >= 4 is 5.91 Å². The fourth-order valence-electron chi connectivity index (χ4n) is 2.59. The van der Waals surface area contributed by atoms with E-state index in [1.54, 1.807) is 6.20 Å². The lowest BCUT2D eigenvalue weighted by Crippen LogP contribution is -2.47. The summed E-state index contributed by atoms with van der Waals surface area (Å²) >= 11 is 0. The number of aromatic amines is 1. The second-order valence-electron chi connectivity index (χ2n) is 5.03. The largest absolute Gasteiger partial charge is 0.341 e. The summed E-state index contributed by atoms with van der Waals surface area (Å²) in [5, 5.41) is 6.98. The highest BCUT2D eigenvalue weighted by molar-refractivity contribution is 5.81. The SMILES string of the molecule is CCCC(N)C(=O)N1CCCC(c2ccn[nH]2)C1. The van der Waals surface area contributed by atoms with E-state index < -0.39 is 0 Å². The number of amides is 1. The first-order valence-corrected chi connectivity index (χ1v) is 6.76. The van der Waals surface area contributed by atoms with Gasteiger partial charge in [-0.1, -0.05) is 13.3 Å². The molecule has 3 N–H and O–H groups in total. The van der Waals surface area contributed by atoms with Crippen LogP contribution in [-0.2, 0) is 4.79 Å². The van der Waals surface area contributed by atoms with Crippen LogP contribution in [0.25, 0.3) is 0 Å². The number of nitrogens with one attached hydrogen (secondary N) is 1. The molecule has 0 aliphatic carbocycles. The summed E-state index contributed by atoms with van der Waals surface area (Å²) in [7, 11) is 0. The molecule has 2 heterocycles. The average molecular weight is 250 g/mol. The molecule has 1 fully saturated rings. The third kappa shape index (κ3) is 2.90. The standard InChI is InChI=1S/C13H22N4O/c1-2-4-11(14)13(18)17-8-3-5-10(9-17)12-6-7-15-16-12/h6-7,10-11H,2-5,8-9,14H2,1H3,(H,15,16). The molecule has 2 unspecified atom stereocenters. The maximum atomic E-state index is 12.2. The monoisotopic (exact) mass is 250 g/mol. The molecular formula is C13H22N4O. The molecule has 1 aliphatic heterocycles. The highest BCUT2D eigenvalue weighted by Crippen LogP contribution is 2.25. The minimum absolute atomic E-state index is 0.0982. The Labute approximate surface area is 108 Å². The molecule has 1 saturated heterocycles. The van der Waals surface area contributed by atoms with Gasteiger partial charge in [0.1, 0.15) is 0 Å². The Hall–Kier alpha value is -1.36. The molecule has 1 amide bonds. The lowest BCUT2D eigenvalue weighted by molar-refractivity contribution is -0.134. The van der Waals surface area contributed by atoms with E-state index in [4.69, 9.17) is 5.73 Å². The molecule has 0 saturated carbocycles. The Balaban J connectivity index is 1.96. The Morgan fingerprint density at radius 3 is 3.22 bits per heavy atom. The molecule has 1 aromatic rings. The van der Waals surface area contributed by atoms with Crippen LogP contribution in [0.15, 0.2) is 12.3 Å². The maximum Gasteiger partial charge on any atom is 0.239 e. The topological polar surface area (TPSA) is 75.0 Å². The highest BCUT2D eigenvalue weighted by atomic mass is 16.2. The van der Waals surface area contributed by atoms with E-state index in [0.717, 1.165) is 44.5 Å². The van der Waals surface area contributed by atoms with Crippen LogP contribution in [0.5, 0.6) is 0 Å². The summed E-state index contributed by atoms with van der Waals surface area (Å²) in [6.45, 7) is 3.65. The molecule has 0 radical (unpaired) electrons. The van der Waals surface area contributed by atoms with Crippen LogP contribution < -0.4 is 5.73 Å². The van der Waals surface area contributed by atoms with Gasteiger partial charge < -0.3 is 10.6 Å². The first-order valence-electron chi connectivity index (χ1n) is 6.76. The Kier molecular flexibility index (Phi) is 4.36. The van der Waals surface area contributed by atoms with E-state index >= 15 is 0 Å². The summed E-state index contributed by atoms with van der Waals surface area (Å²) in [5.41, 5.74) is 7.03. The maximum absolute atomic E-state index is 12.2. The third-order valence-electron chi connectivity index (χ3n) is 3.61. The molecule has 1 aromatic heterocycles. The zero-order valence-electron chi connectivity index (χ0n) is 10.9. The molecule has 100 valence electrons. The van der Waals surface area contributed by atoms with Gasteiger partial charge in [-0.15, -0.1) is 0 Å². The quantitative estimate of drug-likeness (QED) is 0.844. The third-order valence-corrected chi connectivity index (χ3v) is 3.61. The number of carbonyl (C=O) groups is 1. The van der Waals surface area contributed by atoms with Crippen LogP contribution >= 0.6 is 0 Å². The van der Waals surface area contributed by atoms with Crippen LogP contribution in [0.4, 0.5) is 0 Å². The average Bonchev–Trinajstić information content (AvgIpc) is 2.92. The summed E-state index contributed by atoms with van der Waals surface area (Å²) in [6, 6.07) is 1.65. The summed E-state index contributed by atoms with van der Waals surface area (Å²) in [4.78, 5) is 14.1. The van der Waals surface area contributed by atoms with Gasteiger partial charge in [-0.25, -0.2) is 0 Å². The number of aromatic nitrogens is 2. The van der Waals surface area contributed by atoms with Crippen LogP contribution in [-0.4, -0.2) is 40.1 Å². The van der Waals surface area contributed by atoms with Crippen molar-refractivity contribution in [2.75, 3.05) is 13.1 Å². The van der Waals surface area contributed by atoms with Crippen molar-refractivity contribution in [2.45, 2.75) is 44.6 Å². The fourth-order valence-corrected chi connectivity index (χ4v) is 2.59. The highest BCUT2D eigenvalue weighted by Gasteiger charge is 2.27. The summed E-state index contributed by atoms with van der Waals surface area (Å²) in [5.74, 6) is 0.472. The van der Waals surface area contributed by atoms with Crippen molar-refractivity contribution in [1.82, 2.24) is 15.1 Å². The number of nitrogens with zero attached hydrogens (tertiary/aromatic N) is 2. The number of hydrogen-bond acceptors (Lipinski definition) is 3. The predicted octanol–water partition coefficient (Wildman–Crippen LogP) is 1.24. The molecule has 2 atom stereocenters. The zero-order chi connectivity index (χ0) is 13.0. The number of nitrogens with two attached hydrogens (primary N) is 1. The van der Waals surface area contributed by atoms with E-state index in [1.807, 2.05) is 11.0 Å². The van der Waals surface area contributed by atoms with Crippen LogP contribution in [0.1, 0.15) is 44.2 Å². The normalized spacial score (nSPS) is 21.9. The molecule has 1 aliphatic rings. The fraction of sp³-hybridized carbons (Fsp3) is 0.692. The van der Waals surface area contributed by atoms with Gasteiger partial charge in [-0.2, -0.15) is 5.10 Å². The number of likely N-dealkylation sites (tertiary alicyclic amines) is 1. The van der Waals surface area contributed by atoms with Crippen LogP contribution in [0.3, 0.4) is 0 Å². The van der Waals surface area contributed by atoms with Gasteiger partial charge in [0.25, 0.3) is 0 Å². The van der Waals surface area contributed by atoms with Gasteiger partial charge in [-0.05, 0) is 25.3 Å². The van der Waals surface area contributed by atoms with Crippen molar-refractivity contribution in [2.24, 2.45) is 5.73 Å². The molecule has 18 heavy (non-hydrogen) atoms. The number of rotatable bonds is 4. The van der Waals surface area contributed by atoms with Crippen LogP contribution in [0, 0.1) is 0 Å². The molecule has 2 rings (SSSR count). The van der Waals surface area contributed by atoms with E-state index in [0.29, 0.717) is 5.92 Å². The smallest absolute Gasteiger partial charge is 0.239 e. The van der Waals surface area contributed by atoms with Crippen molar-refractivity contribution in [3.8, 4) is 0 Å². The van der Waals surface area contributed by atoms with Crippen molar-refractivity contribution < 1.29 is 4.79 Å². The lowest BCUT2D eigenvalue weighted by atomic mass is 9.94. The van der Waals surface area contributed by atoms with Crippen LogP contribution in [0.2, 0.25) is 0 Å². The van der Waals surface area contributed by atoms with Gasteiger partial charge in [0.15, 0.2) is 0 Å². The van der Waals surface area contributed by atoms with Crippen molar-refractivity contribution in [3.63, 3.8) is 0 Å². The molecular weight excluding hydrogens is 228 g/mol. The van der Waals surface area contributed by atoms with E-state index in [1.165, 1.54) is 0 Å². The van der Waals surface area contributed by atoms with Gasteiger partial charge in [-0.3, -0.25) is 9.89 Å². The Morgan fingerprint density at radius 2 is 2.56 bits per heavy atom. The molecule has 5 heteroatoms. The molecule has 0 bridgehead atoms. The first kappa shape index (κ1) is 13.1. The van der Waals surface area contributed by atoms with Crippen molar-refractivity contribution in [3.05, 3.63) is 18.0 Å². The second kappa shape index (κ2) is 6.00. The number of piperidine rings is 1. The minimum atomic E-state index is -0.337. The number of carbonyl (C=O) groups excluding carboxylic acids is 1. The summed E-state index contributed by atoms with van der Waals surface area (Å²) in [6.07, 6.45) is 5.62. The lowest BCUT2D eigenvalue weighted by Gasteiger charge is -2.33. The number of hydrogen-bond donors (Lipinski definition) is 2. The molecule has 5 nitrogen and oxygen atoms in total. The second-order valence-corrected chi connectivity index (χ2v) is 5.03. The van der Waals surface area contributed by atoms with Gasteiger partial charge in [0.2, 0.25) is 5.91 Å². The minimum Gasteiger partial charge on any atom is -0.341 e. The number of H-pyrrole nitrogens is 1. The summed E-state index contributed by atoms with van der Waals surface area (Å²) < 4.78 is 0. The van der Waals surface area contributed by atoms with E-state index in [9.17, 15) is 4.79 Å². The van der Waals surface area contributed by atoms with E-state index in [2.05, 4.69) is 17.1 Å². The Bertz CT molecular complexity index is 376. The zero-order valence-corrected chi connectivity index (χ0v) is 10.9. The first-order chi connectivity index (χ1) is 8.72. The predicted molar refractivity (Wildman–Crippen MR) is 70.0 cm³/mol. The van der Waals surface area contributed by atoms with Crippen molar-refractivity contribution in [1.29, 1.82) is 0 Å². The Morgan fingerprint density at radius 1 is 1.72 bits per heavy atom. The van der Waals surface area contributed by atoms with Gasteiger partial charge in [0, 0.05) is 30.9 Å². The van der Waals surface area contributed by atoms with Gasteiger partial charge in [0.05, 0.1) is 6.04 Å². The molecule has 0 aromatic carbocycles.